The highest BCUT2D eigenvalue weighted by molar-refractivity contribution is 6.07. The summed E-state index contributed by atoms with van der Waals surface area (Å²) in [5, 5.41) is 0. The summed E-state index contributed by atoms with van der Waals surface area (Å²) in [5.41, 5.74) is 0.411. The van der Waals surface area contributed by atoms with E-state index in [1.54, 1.807) is 36.3 Å². The number of carbonyl (C=O) groups is 3. The standard InChI is InChI=1S/C21H28N2O4/c1-16(24)17-7-3-4-8-18(17)19(25)23-13-10-21(15-23)9-5-11-22(20(21)26)12-6-14-27-2/h3-4,7-8H,5-6,9-15H2,1-2H3/t21-/m1/s1. The van der Waals surface area contributed by atoms with Crippen LogP contribution in [0.5, 0.6) is 0 Å². The van der Waals surface area contributed by atoms with Crippen molar-refractivity contribution in [3.8, 4) is 0 Å². The molecule has 2 saturated heterocycles. The van der Waals surface area contributed by atoms with Gasteiger partial charge in [0.2, 0.25) is 5.91 Å². The predicted octanol–water partition coefficient (Wildman–Crippen LogP) is 2.38. The Morgan fingerprint density at radius 2 is 1.89 bits per heavy atom. The van der Waals surface area contributed by atoms with Crippen LogP contribution < -0.4 is 0 Å². The van der Waals surface area contributed by atoms with E-state index in [0.29, 0.717) is 43.8 Å². The lowest BCUT2D eigenvalue weighted by atomic mass is 9.78. The fourth-order valence-corrected chi connectivity index (χ4v) is 4.34. The SMILES string of the molecule is COCCCN1CCC[C@]2(CCN(C(=O)c3ccccc3C(C)=O)C2)C1=O. The van der Waals surface area contributed by atoms with Crippen LogP contribution in [0.1, 0.15) is 53.3 Å². The summed E-state index contributed by atoms with van der Waals surface area (Å²) in [6, 6.07) is 6.92. The van der Waals surface area contributed by atoms with Crippen molar-refractivity contribution in [3.63, 3.8) is 0 Å². The van der Waals surface area contributed by atoms with Crippen molar-refractivity contribution in [1.82, 2.24) is 9.80 Å². The Morgan fingerprint density at radius 1 is 1.15 bits per heavy atom. The van der Waals surface area contributed by atoms with Crippen LogP contribution in [0.3, 0.4) is 0 Å². The van der Waals surface area contributed by atoms with Crippen LogP contribution in [0.25, 0.3) is 0 Å². The number of carbonyl (C=O) groups excluding carboxylic acids is 3. The van der Waals surface area contributed by atoms with Gasteiger partial charge < -0.3 is 14.5 Å². The molecule has 2 fully saturated rings. The zero-order valence-corrected chi connectivity index (χ0v) is 16.2. The number of rotatable bonds is 6. The Kier molecular flexibility index (Phi) is 5.95. The van der Waals surface area contributed by atoms with E-state index in [4.69, 9.17) is 4.74 Å². The van der Waals surface area contributed by atoms with Crippen LogP contribution in [-0.4, -0.2) is 67.3 Å². The molecule has 0 bridgehead atoms. The molecule has 0 radical (unpaired) electrons. The van der Waals surface area contributed by atoms with Gasteiger partial charge in [-0.1, -0.05) is 18.2 Å². The van der Waals surface area contributed by atoms with Crippen molar-refractivity contribution in [1.29, 1.82) is 0 Å². The monoisotopic (exact) mass is 372 g/mol. The number of piperidine rings is 1. The third-order valence-corrected chi connectivity index (χ3v) is 5.78. The molecule has 2 aliphatic heterocycles. The van der Waals surface area contributed by atoms with Crippen LogP contribution in [0.2, 0.25) is 0 Å². The molecular weight excluding hydrogens is 344 g/mol. The Labute approximate surface area is 160 Å². The first-order valence-electron chi connectivity index (χ1n) is 9.66. The molecule has 2 aliphatic rings. The maximum Gasteiger partial charge on any atom is 0.254 e. The van der Waals surface area contributed by atoms with Crippen LogP contribution in [0, 0.1) is 5.41 Å². The fourth-order valence-electron chi connectivity index (χ4n) is 4.34. The highest BCUT2D eigenvalue weighted by atomic mass is 16.5. The van der Waals surface area contributed by atoms with Crippen molar-refractivity contribution in [2.45, 2.75) is 32.6 Å². The predicted molar refractivity (Wildman–Crippen MR) is 102 cm³/mol. The molecule has 1 atom stereocenters. The van der Waals surface area contributed by atoms with E-state index in [1.807, 2.05) is 4.90 Å². The van der Waals surface area contributed by atoms with Gasteiger partial charge in [0, 0.05) is 45.5 Å². The fraction of sp³-hybridized carbons (Fsp3) is 0.571. The molecule has 2 heterocycles. The summed E-state index contributed by atoms with van der Waals surface area (Å²) in [6.45, 7) is 4.60. The molecule has 1 aromatic rings. The van der Waals surface area contributed by atoms with E-state index in [2.05, 4.69) is 0 Å². The largest absolute Gasteiger partial charge is 0.385 e. The average Bonchev–Trinajstić information content (AvgIpc) is 3.10. The lowest BCUT2D eigenvalue weighted by Crippen LogP contribution is -2.50. The Balaban J connectivity index is 1.73. The lowest BCUT2D eigenvalue weighted by molar-refractivity contribution is -0.145. The molecule has 27 heavy (non-hydrogen) atoms. The molecule has 6 heteroatoms. The maximum atomic E-state index is 13.1. The molecule has 2 amide bonds. The summed E-state index contributed by atoms with van der Waals surface area (Å²) >= 11 is 0. The number of nitrogens with zero attached hydrogens (tertiary/aromatic N) is 2. The number of hydrogen-bond acceptors (Lipinski definition) is 4. The number of ketones is 1. The summed E-state index contributed by atoms with van der Waals surface area (Å²) in [4.78, 5) is 41.7. The molecule has 0 aromatic heterocycles. The van der Waals surface area contributed by atoms with Crippen LogP contribution >= 0.6 is 0 Å². The third kappa shape index (κ3) is 3.90. The van der Waals surface area contributed by atoms with E-state index >= 15 is 0 Å². The van der Waals surface area contributed by atoms with Gasteiger partial charge in [0.05, 0.1) is 11.0 Å². The molecule has 1 spiro atoms. The highest BCUT2D eigenvalue weighted by Gasteiger charge is 2.49. The van der Waals surface area contributed by atoms with Crippen LogP contribution in [-0.2, 0) is 9.53 Å². The number of ether oxygens (including phenoxy) is 1. The average molecular weight is 372 g/mol. The van der Waals surface area contributed by atoms with Gasteiger partial charge in [0.1, 0.15) is 0 Å². The van der Waals surface area contributed by atoms with Gasteiger partial charge in [0.25, 0.3) is 5.91 Å². The van der Waals surface area contributed by atoms with Gasteiger partial charge in [-0.15, -0.1) is 0 Å². The quantitative estimate of drug-likeness (QED) is 0.568. The zero-order valence-electron chi connectivity index (χ0n) is 16.2. The first kappa shape index (κ1) is 19.5. The zero-order chi connectivity index (χ0) is 19.4. The summed E-state index contributed by atoms with van der Waals surface area (Å²) < 4.78 is 5.09. The van der Waals surface area contributed by atoms with Crippen LogP contribution in [0.4, 0.5) is 0 Å². The van der Waals surface area contributed by atoms with Crippen molar-refractivity contribution in [2.75, 3.05) is 39.9 Å². The number of benzene rings is 1. The normalized spacial score (nSPS) is 22.5. The minimum absolute atomic E-state index is 0.120. The molecular formula is C21H28N2O4. The summed E-state index contributed by atoms with van der Waals surface area (Å²) in [6.07, 6.45) is 3.31. The molecule has 6 nitrogen and oxygen atoms in total. The molecule has 3 rings (SSSR count). The number of Topliss-reactive ketones (excluding diaryl/α,β-unsaturated/α-hetero) is 1. The molecule has 0 unspecified atom stereocenters. The maximum absolute atomic E-state index is 13.1. The van der Waals surface area contributed by atoms with Gasteiger partial charge in [-0.3, -0.25) is 14.4 Å². The van der Waals surface area contributed by atoms with Gasteiger partial charge in [0.15, 0.2) is 5.78 Å². The van der Waals surface area contributed by atoms with Gasteiger partial charge in [-0.05, 0) is 38.7 Å². The smallest absolute Gasteiger partial charge is 0.254 e. The second-order valence-electron chi connectivity index (χ2n) is 7.60. The number of methoxy groups -OCH3 is 1. The lowest BCUT2D eigenvalue weighted by Gasteiger charge is -2.39. The molecule has 1 aromatic carbocycles. The summed E-state index contributed by atoms with van der Waals surface area (Å²) in [7, 11) is 1.67. The van der Waals surface area contributed by atoms with Crippen LogP contribution in [0.15, 0.2) is 24.3 Å². The van der Waals surface area contributed by atoms with E-state index in [-0.39, 0.29) is 17.6 Å². The van der Waals surface area contributed by atoms with E-state index in [0.717, 1.165) is 25.8 Å². The van der Waals surface area contributed by atoms with Gasteiger partial charge in [-0.25, -0.2) is 0 Å². The van der Waals surface area contributed by atoms with Gasteiger partial charge >= 0.3 is 0 Å². The highest BCUT2D eigenvalue weighted by Crippen LogP contribution is 2.40. The van der Waals surface area contributed by atoms with Crippen molar-refractivity contribution in [2.24, 2.45) is 5.41 Å². The molecule has 0 aliphatic carbocycles. The van der Waals surface area contributed by atoms with E-state index in [1.165, 1.54) is 6.92 Å². The van der Waals surface area contributed by atoms with E-state index in [9.17, 15) is 14.4 Å². The van der Waals surface area contributed by atoms with Crippen molar-refractivity contribution >= 4 is 17.6 Å². The minimum Gasteiger partial charge on any atom is -0.385 e. The van der Waals surface area contributed by atoms with E-state index < -0.39 is 5.41 Å². The third-order valence-electron chi connectivity index (χ3n) is 5.78. The Bertz CT molecular complexity index is 733. The molecule has 146 valence electrons. The molecule has 0 N–H and O–H groups in total. The van der Waals surface area contributed by atoms with Crippen molar-refractivity contribution in [3.05, 3.63) is 35.4 Å². The Morgan fingerprint density at radius 3 is 2.59 bits per heavy atom. The second-order valence-corrected chi connectivity index (χ2v) is 7.60. The number of hydrogen-bond donors (Lipinski definition) is 0. The molecule has 0 saturated carbocycles. The second kappa shape index (κ2) is 8.21. The topological polar surface area (TPSA) is 66.9 Å². The van der Waals surface area contributed by atoms with Crippen molar-refractivity contribution < 1.29 is 19.1 Å². The number of likely N-dealkylation sites (tertiary alicyclic amines) is 2. The first-order valence-corrected chi connectivity index (χ1v) is 9.66. The summed E-state index contributed by atoms with van der Waals surface area (Å²) in [5.74, 6) is -0.104. The number of amides is 2. The first-order chi connectivity index (χ1) is 13.0. The van der Waals surface area contributed by atoms with Gasteiger partial charge in [-0.2, -0.15) is 0 Å². The minimum atomic E-state index is -0.466. The Hall–Kier alpha value is -2.21.